The summed E-state index contributed by atoms with van der Waals surface area (Å²) < 4.78 is 7.17. The average Bonchev–Trinajstić information content (AvgIpc) is 3.27. The molecule has 4 aromatic rings. The molecule has 0 unspecified atom stereocenters. The molecule has 5 nitrogen and oxygen atoms in total. The maximum absolute atomic E-state index is 5.42. The molecule has 0 N–H and O–H groups in total. The second-order valence-electron chi connectivity index (χ2n) is 5.71. The summed E-state index contributed by atoms with van der Waals surface area (Å²) in [5.41, 5.74) is 4.98. The highest BCUT2D eigenvalue weighted by atomic mass is 16.5. The van der Waals surface area contributed by atoms with Crippen LogP contribution in [-0.4, -0.2) is 20.2 Å². The quantitative estimate of drug-likeness (QED) is 0.572. The summed E-state index contributed by atoms with van der Waals surface area (Å²) in [7, 11) is 0. The highest BCUT2D eigenvalue weighted by molar-refractivity contribution is 5.59. The Kier molecular flexibility index (Phi) is 3.67. The van der Waals surface area contributed by atoms with Crippen LogP contribution in [0, 0.1) is 6.92 Å². The molecule has 0 aliphatic carbocycles. The van der Waals surface area contributed by atoms with Gasteiger partial charge < -0.3 is 4.52 Å². The largest absolute Gasteiger partial charge is 0.359 e. The lowest BCUT2D eigenvalue weighted by Gasteiger charge is -1.96. The number of aromatic nitrogens is 4. The van der Waals surface area contributed by atoms with Crippen molar-refractivity contribution in [3.05, 3.63) is 78.2 Å². The molecule has 2 aromatic heterocycles. The molecule has 4 rings (SSSR count). The fourth-order valence-electron chi connectivity index (χ4n) is 2.52. The molecule has 5 heteroatoms. The molecular formula is C19H16N4O. The number of nitrogens with zero attached hydrogens (tertiary/aromatic N) is 4. The van der Waals surface area contributed by atoms with Gasteiger partial charge in [0.1, 0.15) is 17.9 Å². The predicted molar refractivity (Wildman–Crippen MR) is 91.2 cm³/mol. The zero-order valence-electron chi connectivity index (χ0n) is 13.3. The zero-order valence-corrected chi connectivity index (χ0v) is 13.3. The first kappa shape index (κ1) is 14.4. The third-order valence-electron chi connectivity index (χ3n) is 3.83. The van der Waals surface area contributed by atoms with E-state index in [1.54, 1.807) is 4.68 Å². The summed E-state index contributed by atoms with van der Waals surface area (Å²) >= 11 is 0. The van der Waals surface area contributed by atoms with E-state index in [1.165, 1.54) is 5.56 Å². The fourth-order valence-corrected chi connectivity index (χ4v) is 2.52. The van der Waals surface area contributed by atoms with Crippen molar-refractivity contribution >= 4 is 0 Å². The van der Waals surface area contributed by atoms with Crippen molar-refractivity contribution in [3.8, 4) is 22.5 Å². The van der Waals surface area contributed by atoms with Gasteiger partial charge in [-0.2, -0.15) is 0 Å². The van der Waals surface area contributed by atoms with Gasteiger partial charge in [-0.05, 0) is 6.92 Å². The highest BCUT2D eigenvalue weighted by Gasteiger charge is 2.09. The lowest BCUT2D eigenvalue weighted by molar-refractivity contribution is 0.372. The Morgan fingerprint density at radius 1 is 0.917 bits per heavy atom. The van der Waals surface area contributed by atoms with Gasteiger partial charge in [0.15, 0.2) is 5.76 Å². The maximum Gasteiger partial charge on any atom is 0.158 e. The minimum absolute atomic E-state index is 0.499. The third kappa shape index (κ3) is 2.96. The average molecular weight is 316 g/mol. The summed E-state index contributed by atoms with van der Waals surface area (Å²) in [6.07, 6.45) is 1.91. The second kappa shape index (κ2) is 6.12. The molecule has 0 aliphatic rings. The van der Waals surface area contributed by atoms with E-state index >= 15 is 0 Å². The number of rotatable bonds is 4. The van der Waals surface area contributed by atoms with Crippen LogP contribution in [0.15, 0.2) is 71.4 Å². The van der Waals surface area contributed by atoms with Gasteiger partial charge in [0.2, 0.25) is 0 Å². The van der Waals surface area contributed by atoms with E-state index < -0.39 is 0 Å². The number of aryl methyl sites for hydroxylation is 1. The molecule has 24 heavy (non-hydrogen) atoms. The van der Waals surface area contributed by atoms with Crippen LogP contribution >= 0.6 is 0 Å². The normalized spacial score (nSPS) is 10.9. The number of benzene rings is 2. The van der Waals surface area contributed by atoms with Crippen LogP contribution < -0.4 is 0 Å². The molecule has 118 valence electrons. The maximum atomic E-state index is 5.42. The number of hydrogen-bond donors (Lipinski definition) is 0. The van der Waals surface area contributed by atoms with E-state index in [9.17, 15) is 0 Å². The Morgan fingerprint density at radius 3 is 2.46 bits per heavy atom. The van der Waals surface area contributed by atoms with Gasteiger partial charge >= 0.3 is 0 Å². The molecule has 0 radical (unpaired) electrons. The van der Waals surface area contributed by atoms with Crippen LogP contribution in [0.3, 0.4) is 0 Å². The van der Waals surface area contributed by atoms with Crippen LogP contribution in [0.4, 0.5) is 0 Å². The van der Waals surface area contributed by atoms with Gasteiger partial charge in [-0.25, -0.2) is 4.68 Å². The number of hydrogen-bond acceptors (Lipinski definition) is 4. The summed E-state index contributed by atoms with van der Waals surface area (Å²) in [6.45, 7) is 2.56. The van der Waals surface area contributed by atoms with Crippen LogP contribution in [0.1, 0.15) is 11.3 Å². The standard InChI is InChI=1S/C19H16N4O/c1-14-7-9-16(10-8-14)19-13-23(22-20-19)12-17-11-18(21-24-17)15-5-3-2-4-6-15/h2-11,13H,12H2,1H3. The Hall–Kier alpha value is -3.21. The van der Waals surface area contributed by atoms with Crippen LogP contribution in [0.25, 0.3) is 22.5 Å². The van der Waals surface area contributed by atoms with Crippen LogP contribution in [0.2, 0.25) is 0 Å². The van der Waals surface area contributed by atoms with Crippen LogP contribution in [0.5, 0.6) is 0 Å². The van der Waals surface area contributed by atoms with Gasteiger partial charge in [0.05, 0.1) is 6.20 Å². The molecule has 0 bridgehead atoms. The third-order valence-corrected chi connectivity index (χ3v) is 3.83. The minimum Gasteiger partial charge on any atom is -0.359 e. The monoisotopic (exact) mass is 316 g/mol. The molecule has 0 atom stereocenters. The fraction of sp³-hybridized carbons (Fsp3) is 0.105. The molecule has 0 amide bonds. The molecule has 0 saturated heterocycles. The minimum atomic E-state index is 0.499. The van der Waals surface area contributed by atoms with Crippen molar-refractivity contribution in [2.45, 2.75) is 13.5 Å². The van der Waals surface area contributed by atoms with E-state index in [1.807, 2.05) is 54.7 Å². The summed E-state index contributed by atoms with van der Waals surface area (Å²) in [4.78, 5) is 0. The zero-order chi connectivity index (χ0) is 16.4. The Labute approximate surface area is 139 Å². The lowest BCUT2D eigenvalue weighted by Crippen LogP contribution is -1.98. The Balaban J connectivity index is 1.52. The molecule has 0 spiro atoms. The van der Waals surface area contributed by atoms with E-state index in [0.29, 0.717) is 6.54 Å². The molecular weight excluding hydrogens is 300 g/mol. The van der Waals surface area contributed by atoms with Gasteiger partial charge in [0, 0.05) is 17.2 Å². The van der Waals surface area contributed by atoms with Crippen molar-refractivity contribution in [2.24, 2.45) is 0 Å². The SMILES string of the molecule is Cc1ccc(-c2cn(Cc3cc(-c4ccccc4)no3)nn2)cc1. The van der Waals surface area contributed by atoms with E-state index in [4.69, 9.17) is 4.52 Å². The van der Waals surface area contributed by atoms with E-state index in [0.717, 1.165) is 28.3 Å². The molecule has 2 heterocycles. The predicted octanol–water partition coefficient (Wildman–Crippen LogP) is 3.96. The van der Waals surface area contributed by atoms with Gasteiger partial charge in [-0.15, -0.1) is 5.10 Å². The topological polar surface area (TPSA) is 56.7 Å². The molecule has 0 fully saturated rings. The van der Waals surface area contributed by atoms with Crippen molar-refractivity contribution in [2.75, 3.05) is 0 Å². The summed E-state index contributed by atoms with van der Waals surface area (Å²) in [6, 6.07) is 20.1. The molecule has 0 saturated carbocycles. The first-order chi connectivity index (χ1) is 11.8. The second-order valence-corrected chi connectivity index (χ2v) is 5.71. The Bertz CT molecular complexity index is 939. The Morgan fingerprint density at radius 2 is 1.67 bits per heavy atom. The highest BCUT2D eigenvalue weighted by Crippen LogP contribution is 2.20. The van der Waals surface area contributed by atoms with Gasteiger partial charge in [-0.3, -0.25) is 0 Å². The summed E-state index contributed by atoms with van der Waals surface area (Å²) in [5, 5.41) is 12.5. The van der Waals surface area contributed by atoms with Crippen LogP contribution in [-0.2, 0) is 6.54 Å². The van der Waals surface area contributed by atoms with E-state index in [-0.39, 0.29) is 0 Å². The first-order valence-electron chi connectivity index (χ1n) is 7.76. The summed E-state index contributed by atoms with van der Waals surface area (Å²) in [5.74, 6) is 0.745. The van der Waals surface area contributed by atoms with Crippen molar-refractivity contribution < 1.29 is 4.52 Å². The van der Waals surface area contributed by atoms with Gasteiger partial charge in [-0.1, -0.05) is 70.5 Å². The molecule has 0 aliphatic heterocycles. The first-order valence-corrected chi connectivity index (χ1v) is 7.76. The smallest absolute Gasteiger partial charge is 0.158 e. The van der Waals surface area contributed by atoms with Crippen molar-refractivity contribution in [1.82, 2.24) is 20.2 Å². The van der Waals surface area contributed by atoms with Crippen molar-refractivity contribution in [1.29, 1.82) is 0 Å². The molecule has 2 aromatic carbocycles. The van der Waals surface area contributed by atoms with Gasteiger partial charge in [0.25, 0.3) is 0 Å². The van der Waals surface area contributed by atoms with E-state index in [2.05, 4.69) is 34.5 Å². The lowest BCUT2D eigenvalue weighted by atomic mass is 10.1. The van der Waals surface area contributed by atoms with Crippen molar-refractivity contribution in [3.63, 3.8) is 0 Å².